The molecule has 0 radical (unpaired) electrons. The number of nitrogens with zero attached hydrogens (tertiary/aromatic N) is 1. The predicted molar refractivity (Wildman–Crippen MR) is 114 cm³/mol. The average Bonchev–Trinajstić information content (AvgIpc) is 3.38. The summed E-state index contributed by atoms with van der Waals surface area (Å²) in [6.07, 6.45) is 9.79. The van der Waals surface area contributed by atoms with E-state index in [1.807, 2.05) is 19.1 Å². The van der Waals surface area contributed by atoms with Crippen LogP contribution in [0.4, 0.5) is 0 Å². The molecule has 0 bridgehead atoms. The third kappa shape index (κ3) is 8.65. The molecule has 1 aliphatic carbocycles. The molecule has 1 fully saturated rings. The maximum Gasteiger partial charge on any atom is 0.191 e. The molecule has 0 saturated heterocycles. The maximum atomic E-state index is 5.63. The monoisotopic (exact) mass is 393 g/mol. The van der Waals surface area contributed by atoms with Gasteiger partial charge >= 0.3 is 0 Å². The third-order valence-corrected chi connectivity index (χ3v) is 5.42. The molecule has 2 rings (SSSR count). The summed E-state index contributed by atoms with van der Waals surface area (Å²) in [6.45, 7) is 9.80. The van der Waals surface area contributed by atoms with Gasteiger partial charge in [0.05, 0.1) is 6.26 Å². The highest BCUT2D eigenvalue weighted by Crippen LogP contribution is 2.41. The lowest BCUT2D eigenvalue weighted by Crippen LogP contribution is -2.40. The van der Waals surface area contributed by atoms with Crippen LogP contribution in [0.5, 0.6) is 0 Å². The molecule has 6 nitrogen and oxygen atoms in total. The fourth-order valence-corrected chi connectivity index (χ4v) is 3.75. The lowest BCUT2D eigenvalue weighted by molar-refractivity contribution is 0.107. The first-order valence-electron chi connectivity index (χ1n) is 11.0. The van der Waals surface area contributed by atoms with Gasteiger partial charge in [0.25, 0.3) is 0 Å². The molecule has 0 aliphatic heterocycles. The van der Waals surface area contributed by atoms with Gasteiger partial charge in [-0.05, 0) is 57.1 Å². The Balaban J connectivity index is 1.86. The molecule has 6 heteroatoms. The molecule has 1 heterocycles. The molecule has 0 unspecified atom stereocenters. The van der Waals surface area contributed by atoms with Gasteiger partial charge in [-0.15, -0.1) is 0 Å². The van der Waals surface area contributed by atoms with Crippen LogP contribution in [0.3, 0.4) is 0 Å². The Morgan fingerprint density at radius 1 is 1.11 bits per heavy atom. The first kappa shape index (κ1) is 22.8. The van der Waals surface area contributed by atoms with Crippen LogP contribution in [0, 0.1) is 5.41 Å². The van der Waals surface area contributed by atoms with Crippen molar-refractivity contribution in [2.24, 2.45) is 10.4 Å². The molecule has 0 amide bonds. The number of aliphatic imine (C=N–C) groups is 1. The Hall–Kier alpha value is -1.53. The van der Waals surface area contributed by atoms with Crippen molar-refractivity contribution in [1.82, 2.24) is 10.6 Å². The fraction of sp³-hybridized carbons (Fsp3) is 0.773. The summed E-state index contributed by atoms with van der Waals surface area (Å²) in [5, 5.41) is 6.93. The highest BCUT2D eigenvalue weighted by molar-refractivity contribution is 5.79. The van der Waals surface area contributed by atoms with Gasteiger partial charge in [0, 0.05) is 52.5 Å². The van der Waals surface area contributed by atoms with E-state index in [4.69, 9.17) is 18.9 Å². The Kier molecular flexibility index (Phi) is 11.1. The zero-order valence-corrected chi connectivity index (χ0v) is 17.8. The van der Waals surface area contributed by atoms with E-state index in [9.17, 15) is 0 Å². The lowest BCUT2D eigenvalue weighted by Gasteiger charge is -2.27. The molecule has 1 aliphatic rings. The Bertz CT molecular complexity index is 525. The zero-order valence-electron chi connectivity index (χ0n) is 17.8. The van der Waals surface area contributed by atoms with Crippen LogP contribution in [0.2, 0.25) is 0 Å². The highest BCUT2D eigenvalue weighted by Gasteiger charge is 2.33. The SMILES string of the molecule is CCOCCCNC(=NCC1(CCOCC)CCCC1)NCCc1ccco1. The summed E-state index contributed by atoms with van der Waals surface area (Å²) in [5.41, 5.74) is 0.302. The molecular formula is C22H39N3O3. The standard InChI is InChI=1S/C22H39N3O3/c1-3-26-16-8-14-23-21(24-15-10-20-9-7-17-28-20)25-19-22(11-5-6-12-22)13-18-27-4-2/h7,9,17H,3-6,8,10-16,18-19H2,1-2H3,(H2,23,24,25). The van der Waals surface area contributed by atoms with Gasteiger partial charge < -0.3 is 24.5 Å². The quantitative estimate of drug-likeness (QED) is 0.286. The number of hydrogen-bond donors (Lipinski definition) is 2. The predicted octanol–water partition coefficient (Wildman–Crippen LogP) is 3.77. The highest BCUT2D eigenvalue weighted by atomic mass is 16.5. The van der Waals surface area contributed by atoms with Crippen LogP contribution in [-0.2, 0) is 15.9 Å². The number of nitrogens with one attached hydrogen (secondary N) is 2. The summed E-state index contributed by atoms with van der Waals surface area (Å²) in [7, 11) is 0. The second kappa shape index (κ2) is 13.6. The molecule has 0 aromatic carbocycles. The summed E-state index contributed by atoms with van der Waals surface area (Å²) < 4.78 is 16.5. The molecule has 1 saturated carbocycles. The number of rotatable bonds is 14. The first-order chi connectivity index (χ1) is 13.8. The number of furan rings is 1. The van der Waals surface area contributed by atoms with Crippen molar-refractivity contribution in [3.8, 4) is 0 Å². The van der Waals surface area contributed by atoms with E-state index in [0.717, 1.165) is 77.0 Å². The minimum atomic E-state index is 0.302. The van der Waals surface area contributed by atoms with Crippen molar-refractivity contribution >= 4 is 5.96 Å². The van der Waals surface area contributed by atoms with E-state index in [-0.39, 0.29) is 0 Å². The van der Waals surface area contributed by atoms with E-state index in [2.05, 4.69) is 17.6 Å². The topological polar surface area (TPSA) is 68.0 Å². The maximum absolute atomic E-state index is 5.63. The Morgan fingerprint density at radius 2 is 1.86 bits per heavy atom. The molecule has 28 heavy (non-hydrogen) atoms. The second-order valence-corrected chi connectivity index (χ2v) is 7.55. The van der Waals surface area contributed by atoms with Gasteiger partial charge in [0.1, 0.15) is 5.76 Å². The van der Waals surface area contributed by atoms with Crippen LogP contribution in [0.15, 0.2) is 27.8 Å². The molecule has 0 spiro atoms. The van der Waals surface area contributed by atoms with Gasteiger partial charge in [-0.25, -0.2) is 0 Å². The Morgan fingerprint density at radius 3 is 2.57 bits per heavy atom. The number of ether oxygens (including phenoxy) is 2. The molecule has 1 aromatic heterocycles. The lowest BCUT2D eigenvalue weighted by atomic mass is 9.83. The average molecular weight is 394 g/mol. The normalized spacial score (nSPS) is 16.4. The van der Waals surface area contributed by atoms with Gasteiger partial charge in [-0.1, -0.05) is 12.8 Å². The molecule has 1 aromatic rings. The molecule has 0 atom stereocenters. The van der Waals surface area contributed by atoms with Gasteiger partial charge in [-0.2, -0.15) is 0 Å². The number of guanidine groups is 1. The van der Waals surface area contributed by atoms with E-state index in [1.165, 1.54) is 25.7 Å². The van der Waals surface area contributed by atoms with E-state index >= 15 is 0 Å². The van der Waals surface area contributed by atoms with Crippen LogP contribution >= 0.6 is 0 Å². The van der Waals surface area contributed by atoms with Crippen molar-refractivity contribution < 1.29 is 13.9 Å². The van der Waals surface area contributed by atoms with Crippen LogP contribution in [-0.4, -0.2) is 52.0 Å². The molecule has 160 valence electrons. The van der Waals surface area contributed by atoms with Crippen molar-refractivity contribution in [3.05, 3.63) is 24.2 Å². The van der Waals surface area contributed by atoms with Crippen molar-refractivity contribution in [2.75, 3.05) is 46.1 Å². The smallest absolute Gasteiger partial charge is 0.191 e. The second-order valence-electron chi connectivity index (χ2n) is 7.55. The van der Waals surface area contributed by atoms with Crippen LogP contribution in [0.25, 0.3) is 0 Å². The summed E-state index contributed by atoms with van der Waals surface area (Å²) in [5.74, 6) is 1.89. The zero-order chi connectivity index (χ0) is 19.9. The van der Waals surface area contributed by atoms with Crippen LogP contribution in [0.1, 0.15) is 58.1 Å². The fourth-order valence-electron chi connectivity index (χ4n) is 3.75. The van der Waals surface area contributed by atoms with E-state index < -0.39 is 0 Å². The van der Waals surface area contributed by atoms with Crippen molar-refractivity contribution in [3.63, 3.8) is 0 Å². The Labute approximate surface area is 170 Å². The minimum Gasteiger partial charge on any atom is -0.469 e. The van der Waals surface area contributed by atoms with Gasteiger partial charge in [0.15, 0.2) is 5.96 Å². The van der Waals surface area contributed by atoms with Crippen LogP contribution < -0.4 is 10.6 Å². The molecular weight excluding hydrogens is 354 g/mol. The summed E-state index contributed by atoms with van der Waals surface area (Å²) in [4.78, 5) is 4.96. The molecule has 2 N–H and O–H groups in total. The van der Waals surface area contributed by atoms with E-state index in [0.29, 0.717) is 5.41 Å². The van der Waals surface area contributed by atoms with Gasteiger partial charge in [0.2, 0.25) is 0 Å². The van der Waals surface area contributed by atoms with E-state index in [1.54, 1.807) is 6.26 Å². The third-order valence-electron chi connectivity index (χ3n) is 5.42. The summed E-state index contributed by atoms with van der Waals surface area (Å²) in [6, 6.07) is 3.94. The van der Waals surface area contributed by atoms with Gasteiger partial charge in [-0.3, -0.25) is 4.99 Å². The van der Waals surface area contributed by atoms with Crippen molar-refractivity contribution in [1.29, 1.82) is 0 Å². The summed E-state index contributed by atoms with van der Waals surface area (Å²) >= 11 is 0. The van der Waals surface area contributed by atoms with Crippen molar-refractivity contribution in [2.45, 2.75) is 58.8 Å². The number of hydrogen-bond acceptors (Lipinski definition) is 4. The minimum absolute atomic E-state index is 0.302. The largest absolute Gasteiger partial charge is 0.469 e. The first-order valence-corrected chi connectivity index (χ1v) is 11.0.